The molecule has 2 heterocycles. The number of carbonyl (C=O) groups excluding carboxylic acids is 3. The number of halogens is 2. The van der Waals surface area contributed by atoms with Crippen molar-refractivity contribution in [2.75, 3.05) is 12.0 Å². The maximum Gasteiger partial charge on any atom is 0.350 e. The van der Waals surface area contributed by atoms with Crippen molar-refractivity contribution in [3.8, 4) is 0 Å². The zero-order valence-electron chi connectivity index (χ0n) is 17.3. The second-order valence-corrected chi connectivity index (χ2v) is 8.51. The average Bonchev–Trinajstić information content (AvgIpc) is 3.30. The van der Waals surface area contributed by atoms with E-state index in [0.29, 0.717) is 5.02 Å². The number of aromatic nitrogens is 1. The van der Waals surface area contributed by atoms with Gasteiger partial charge < -0.3 is 9.84 Å². The highest BCUT2D eigenvalue weighted by Crippen LogP contribution is 2.44. The molecule has 0 spiro atoms. The first-order valence-corrected chi connectivity index (χ1v) is 10.8. The number of aliphatic hydroxyl groups is 1. The van der Waals surface area contributed by atoms with Crippen LogP contribution in [0.3, 0.4) is 0 Å². The number of benzene rings is 2. The number of hydrogen-bond donors (Lipinski definition) is 1. The Bertz CT molecular complexity index is 1320. The zero-order valence-corrected chi connectivity index (χ0v) is 18.9. The summed E-state index contributed by atoms with van der Waals surface area (Å²) in [5, 5.41) is 11.4. The molecule has 7 nitrogen and oxygen atoms in total. The van der Waals surface area contributed by atoms with Gasteiger partial charge in [-0.3, -0.25) is 14.5 Å². The van der Waals surface area contributed by atoms with Gasteiger partial charge in [0.25, 0.3) is 5.78 Å². The lowest BCUT2D eigenvalue weighted by Gasteiger charge is -2.23. The molecule has 1 aromatic heterocycles. The zero-order chi connectivity index (χ0) is 23.9. The summed E-state index contributed by atoms with van der Waals surface area (Å²) in [6.07, 6.45) is 0. The van der Waals surface area contributed by atoms with Gasteiger partial charge in [0.05, 0.1) is 18.4 Å². The van der Waals surface area contributed by atoms with E-state index in [-0.39, 0.29) is 32.4 Å². The summed E-state index contributed by atoms with van der Waals surface area (Å²) in [4.78, 5) is 43.6. The molecule has 0 aliphatic carbocycles. The third-order valence-electron chi connectivity index (χ3n) is 5.12. The number of carbonyl (C=O) groups is 3. The topological polar surface area (TPSA) is 96.8 Å². The van der Waals surface area contributed by atoms with Gasteiger partial charge in [-0.2, -0.15) is 0 Å². The van der Waals surface area contributed by atoms with E-state index in [4.69, 9.17) is 16.3 Å². The van der Waals surface area contributed by atoms with Crippen LogP contribution in [0.5, 0.6) is 0 Å². The van der Waals surface area contributed by atoms with E-state index in [1.165, 1.54) is 49.6 Å². The Labute approximate surface area is 196 Å². The summed E-state index contributed by atoms with van der Waals surface area (Å²) >= 11 is 6.74. The first kappa shape index (κ1) is 22.6. The van der Waals surface area contributed by atoms with Gasteiger partial charge in [-0.25, -0.2) is 14.2 Å². The van der Waals surface area contributed by atoms with E-state index in [9.17, 15) is 23.9 Å². The highest BCUT2D eigenvalue weighted by Gasteiger charge is 2.49. The summed E-state index contributed by atoms with van der Waals surface area (Å²) < 4.78 is 19.6. The Hall–Kier alpha value is -3.56. The molecule has 0 saturated carbocycles. The van der Waals surface area contributed by atoms with E-state index in [1.807, 2.05) is 0 Å². The first-order valence-electron chi connectivity index (χ1n) is 9.61. The Balaban J connectivity index is 1.95. The number of ether oxygens (including phenoxy) is 1. The summed E-state index contributed by atoms with van der Waals surface area (Å²) in [6, 6.07) is 10.3. The van der Waals surface area contributed by atoms with Crippen molar-refractivity contribution in [2.45, 2.75) is 13.0 Å². The van der Waals surface area contributed by atoms with Crippen molar-refractivity contribution < 1.29 is 28.6 Å². The molecule has 10 heteroatoms. The van der Waals surface area contributed by atoms with Crippen molar-refractivity contribution in [1.29, 1.82) is 0 Å². The Morgan fingerprint density at radius 2 is 1.85 bits per heavy atom. The Kier molecular flexibility index (Phi) is 6.01. The fraction of sp³-hybridized carbons (Fsp3) is 0.130. The molecule has 4 rings (SSSR count). The predicted octanol–water partition coefficient (Wildman–Crippen LogP) is 4.66. The molecule has 33 heavy (non-hydrogen) atoms. The molecule has 168 valence electrons. The van der Waals surface area contributed by atoms with Gasteiger partial charge in [-0.15, -0.1) is 0 Å². The Morgan fingerprint density at radius 3 is 2.48 bits per heavy atom. The summed E-state index contributed by atoms with van der Waals surface area (Å²) in [5.41, 5.74) is 0.192. The summed E-state index contributed by atoms with van der Waals surface area (Å²) in [6.45, 7) is 1.55. The maximum absolute atomic E-state index is 14.9. The van der Waals surface area contributed by atoms with E-state index < -0.39 is 35.3 Å². The molecule has 1 saturated heterocycles. The minimum Gasteiger partial charge on any atom is -0.507 e. The number of rotatable bonds is 4. The Morgan fingerprint density at radius 1 is 1.18 bits per heavy atom. The molecule has 1 amide bonds. The second kappa shape index (κ2) is 8.76. The van der Waals surface area contributed by atoms with Crippen LogP contribution in [0.4, 0.5) is 9.52 Å². The number of thiazole rings is 1. The van der Waals surface area contributed by atoms with Crippen molar-refractivity contribution in [1.82, 2.24) is 4.98 Å². The molecular formula is C23H16ClFN2O5S. The fourth-order valence-electron chi connectivity index (χ4n) is 3.55. The van der Waals surface area contributed by atoms with Gasteiger partial charge in [0.1, 0.15) is 22.5 Å². The predicted molar refractivity (Wildman–Crippen MR) is 121 cm³/mol. The molecule has 1 aliphatic rings. The van der Waals surface area contributed by atoms with E-state index >= 15 is 0 Å². The summed E-state index contributed by atoms with van der Waals surface area (Å²) in [5.74, 6) is -3.84. The van der Waals surface area contributed by atoms with E-state index in [1.54, 1.807) is 13.0 Å². The molecule has 3 aromatic rings. The molecule has 1 unspecified atom stereocenters. The molecule has 1 aliphatic heterocycles. The van der Waals surface area contributed by atoms with Crippen LogP contribution in [0.2, 0.25) is 5.02 Å². The SMILES string of the molecule is COC(=O)c1sc(N2C(=O)C(=O)C(=C(O)c3ccc(Cl)cc3)C2c2ccccc2F)nc1C. The van der Waals surface area contributed by atoms with Gasteiger partial charge in [-0.05, 0) is 37.3 Å². The number of Topliss-reactive ketones (excluding diaryl/α,β-unsaturated/α-hetero) is 1. The molecule has 1 N–H and O–H groups in total. The number of amides is 1. The number of anilines is 1. The lowest BCUT2D eigenvalue weighted by atomic mass is 9.95. The standard InChI is InChI=1S/C23H16ClFN2O5S/c1-11-20(22(31)32-2)33-23(26-11)27-17(14-5-3-4-6-15(14)25)16(19(29)21(27)30)18(28)12-7-9-13(24)10-8-12/h3-10,17,28H,1-2H3. The number of ketones is 1. The minimum absolute atomic E-state index is 0.00147. The minimum atomic E-state index is -1.31. The second-order valence-electron chi connectivity index (χ2n) is 7.10. The number of aryl methyl sites for hydroxylation is 1. The third-order valence-corrected chi connectivity index (χ3v) is 6.51. The largest absolute Gasteiger partial charge is 0.507 e. The molecule has 0 bridgehead atoms. The third kappa shape index (κ3) is 3.90. The lowest BCUT2D eigenvalue weighted by Crippen LogP contribution is -2.29. The molecular weight excluding hydrogens is 471 g/mol. The van der Waals surface area contributed by atoms with Crippen LogP contribution in [-0.4, -0.2) is 34.9 Å². The van der Waals surface area contributed by atoms with Crippen molar-refractivity contribution in [2.24, 2.45) is 0 Å². The van der Waals surface area contributed by atoms with Crippen molar-refractivity contribution >= 4 is 51.5 Å². The number of aliphatic hydroxyl groups excluding tert-OH is 1. The van der Waals surface area contributed by atoms with Crippen LogP contribution in [0.15, 0.2) is 54.1 Å². The smallest absolute Gasteiger partial charge is 0.350 e. The average molecular weight is 487 g/mol. The van der Waals surface area contributed by atoms with Crippen LogP contribution in [0.1, 0.15) is 32.5 Å². The number of nitrogens with zero attached hydrogens (tertiary/aromatic N) is 2. The molecule has 1 fully saturated rings. The van der Waals surface area contributed by atoms with Crippen LogP contribution in [-0.2, 0) is 14.3 Å². The van der Waals surface area contributed by atoms with Gasteiger partial charge in [0.15, 0.2) is 5.13 Å². The first-order chi connectivity index (χ1) is 15.7. The maximum atomic E-state index is 14.9. The van der Waals surface area contributed by atoms with Crippen LogP contribution < -0.4 is 4.90 Å². The molecule has 0 radical (unpaired) electrons. The van der Waals surface area contributed by atoms with Gasteiger partial charge in [0, 0.05) is 16.1 Å². The van der Waals surface area contributed by atoms with Crippen LogP contribution in [0.25, 0.3) is 5.76 Å². The number of methoxy groups -OCH3 is 1. The van der Waals surface area contributed by atoms with Crippen molar-refractivity contribution in [3.63, 3.8) is 0 Å². The molecule has 1 atom stereocenters. The highest BCUT2D eigenvalue weighted by atomic mass is 35.5. The van der Waals surface area contributed by atoms with Gasteiger partial charge in [-0.1, -0.05) is 41.1 Å². The van der Waals surface area contributed by atoms with E-state index in [0.717, 1.165) is 16.2 Å². The normalized spacial score (nSPS) is 17.5. The van der Waals surface area contributed by atoms with Gasteiger partial charge in [0.2, 0.25) is 0 Å². The monoisotopic (exact) mass is 486 g/mol. The van der Waals surface area contributed by atoms with Crippen LogP contribution >= 0.6 is 22.9 Å². The molecule has 2 aromatic carbocycles. The quantitative estimate of drug-likeness (QED) is 0.249. The lowest BCUT2D eigenvalue weighted by molar-refractivity contribution is -0.132. The van der Waals surface area contributed by atoms with Crippen molar-refractivity contribution in [3.05, 3.63) is 86.6 Å². The number of esters is 1. The van der Waals surface area contributed by atoms with Gasteiger partial charge >= 0.3 is 11.9 Å². The fourth-order valence-corrected chi connectivity index (χ4v) is 4.69. The van der Waals surface area contributed by atoms with Crippen LogP contribution in [0, 0.1) is 12.7 Å². The number of hydrogen-bond acceptors (Lipinski definition) is 7. The highest BCUT2D eigenvalue weighted by molar-refractivity contribution is 7.17. The summed E-state index contributed by atoms with van der Waals surface area (Å²) in [7, 11) is 1.21. The van der Waals surface area contributed by atoms with E-state index in [2.05, 4.69) is 4.98 Å².